The van der Waals surface area contributed by atoms with E-state index in [2.05, 4.69) is 24.2 Å². The quantitative estimate of drug-likeness (QED) is 0.656. The van der Waals surface area contributed by atoms with Gasteiger partial charge in [0.1, 0.15) is 4.90 Å². The van der Waals surface area contributed by atoms with E-state index in [-0.39, 0.29) is 16.0 Å². The Kier molecular flexibility index (Phi) is 4.73. The van der Waals surface area contributed by atoms with Crippen LogP contribution in [0, 0.1) is 0 Å². The molecule has 1 aliphatic heterocycles. The number of sulfonamides is 1. The molecule has 0 saturated heterocycles. The Morgan fingerprint density at radius 1 is 1.32 bits per heavy atom. The fourth-order valence-electron chi connectivity index (χ4n) is 2.87. The summed E-state index contributed by atoms with van der Waals surface area (Å²) in [5.74, 6) is 0.293. The Morgan fingerprint density at radius 2 is 2.04 bits per heavy atom. The largest absolute Gasteiger partial charge is 0.480 e. The molecule has 6 nitrogen and oxygen atoms in total. The van der Waals surface area contributed by atoms with E-state index in [0.717, 1.165) is 0 Å². The molecular formula is C17H18ClN3O3S. The molecule has 132 valence electrons. The first-order valence-corrected chi connectivity index (χ1v) is 9.53. The molecule has 0 fully saturated rings. The highest BCUT2D eigenvalue weighted by Crippen LogP contribution is 2.33. The zero-order chi connectivity index (χ0) is 18.2. The summed E-state index contributed by atoms with van der Waals surface area (Å²) in [4.78, 5) is -0.158. The zero-order valence-electron chi connectivity index (χ0n) is 13.8. The molecule has 0 saturated carbocycles. The fraction of sp³-hybridized carbons (Fsp3) is 0.235. The van der Waals surface area contributed by atoms with Crippen LogP contribution in [-0.2, 0) is 21.3 Å². The molecule has 0 bridgehead atoms. The van der Waals surface area contributed by atoms with Crippen molar-refractivity contribution in [1.29, 1.82) is 0 Å². The van der Waals surface area contributed by atoms with Crippen LogP contribution in [0.4, 0.5) is 0 Å². The molecule has 8 heteroatoms. The molecule has 0 amide bonds. The number of benzene rings is 2. The Balaban J connectivity index is 1.98. The first-order valence-electron chi connectivity index (χ1n) is 7.61. The molecule has 3 rings (SSSR count). The van der Waals surface area contributed by atoms with Gasteiger partial charge < -0.3 is 4.74 Å². The van der Waals surface area contributed by atoms with Crippen molar-refractivity contribution in [2.45, 2.75) is 24.4 Å². The van der Waals surface area contributed by atoms with E-state index in [4.69, 9.17) is 21.5 Å². The Bertz CT molecular complexity index is 944. The van der Waals surface area contributed by atoms with Gasteiger partial charge in [-0.05, 0) is 36.2 Å². The van der Waals surface area contributed by atoms with Crippen LogP contribution in [0.2, 0.25) is 5.02 Å². The van der Waals surface area contributed by atoms with Crippen molar-refractivity contribution in [3.63, 3.8) is 0 Å². The Hall–Kier alpha value is -2.09. The number of primary sulfonamides is 1. The number of methoxy groups -OCH3 is 1. The Labute approximate surface area is 151 Å². The van der Waals surface area contributed by atoms with Crippen LogP contribution in [0.15, 0.2) is 52.5 Å². The average molecular weight is 380 g/mol. The number of rotatable bonds is 3. The minimum absolute atomic E-state index is 0.0589. The summed E-state index contributed by atoms with van der Waals surface area (Å²) >= 11 is 5.93. The van der Waals surface area contributed by atoms with Crippen molar-refractivity contribution in [1.82, 2.24) is 5.01 Å². The number of hydrazone groups is 1. The predicted octanol–water partition coefficient (Wildman–Crippen LogP) is 2.87. The molecule has 1 aliphatic rings. The number of fused-ring (bicyclic) bond motifs is 1. The van der Waals surface area contributed by atoms with E-state index in [1.807, 2.05) is 17.1 Å². The van der Waals surface area contributed by atoms with E-state index >= 15 is 0 Å². The lowest BCUT2D eigenvalue weighted by molar-refractivity contribution is 0.229. The highest BCUT2D eigenvalue weighted by molar-refractivity contribution is 7.89. The van der Waals surface area contributed by atoms with Crippen LogP contribution in [0.1, 0.15) is 29.7 Å². The molecule has 2 N–H and O–H groups in total. The van der Waals surface area contributed by atoms with Crippen LogP contribution >= 0.6 is 11.6 Å². The van der Waals surface area contributed by atoms with Gasteiger partial charge in [0, 0.05) is 5.56 Å². The van der Waals surface area contributed by atoms with Gasteiger partial charge in [0.15, 0.2) is 0 Å². The van der Waals surface area contributed by atoms with Crippen molar-refractivity contribution >= 4 is 27.5 Å². The second-order valence-corrected chi connectivity index (χ2v) is 7.71. The van der Waals surface area contributed by atoms with Gasteiger partial charge in [-0.3, -0.25) is 5.01 Å². The summed E-state index contributed by atoms with van der Waals surface area (Å²) in [5, 5.41) is 11.7. The SMILES string of the molecule is CO/C(=N\N1Cc2ccccc2C1C)c1ccc(Cl)c(S(N)(=O)=O)c1. The average Bonchev–Trinajstić information content (AvgIpc) is 2.88. The zero-order valence-corrected chi connectivity index (χ0v) is 15.4. The highest BCUT2D eigenvalue weighted by Gasteiger charge is 2.26. The molecule has 2 aromatic rings. The molecule has 0 spiro atoms. The minimum atomic E-state index is -3.94. The predicted molar refractivity (Wildman–Crippen MR) is 96.8 cm³/mol. The number of hydrogen-bond acceptors (Lipinski definition) is 5. The van der Waals surface area contributed by atoms with Crippen molar-refractivity contribution in [2.75, 3.05) is 7.11 Å². The number of nitrogens with two attached hydrogens (primary N) is 1. The van der Waals surface area contributed by atoms with Gasteiger partial charge in [-0.25, -0.2) is 13.6 Å². The lowest BCUT2D eigenvalue weighted by atomic mass is 10.1. The fourth-order valence-corrected chi connectivity index (χ4v) is 3.94. The van der Waals surface area contributed by atoms with Gasteiger partial charge in [-0.1, -0.05) is 35.9 Å². The molecule has 1 atom stereocenters. The summed E-state index contributed by atoms with van der Waals surface area (Å²) in [6.45, 7) is 2.71. The van der Waals surface area contributed by atoms with Crippen LogP contribution in [-0.4, -0.2) is 26.4 Å². The summed E-state index contributed by atoms with van der Waals surface area (Å²) in [6.07, 6.45) is 0. The third kappa shape index (κ3) is 3.49. The second kappa shape index (κ2) is 6.67. The monoisotopic (exact) mass is 379 g/mol. The lowest BCUT2D eigenvalue weighted by Gasteiger charge is -2.19. The van der Waals surface area contributed by atoms with Crippen LogP contribution < -0.4 is 5.14 Å². The van der Waals surface area contributed by atoms with Gasteiger partial charge in [0.25, 0.3) is 0 Å². The topological polar surface area (TPSA) is 85.0 Å². The first-order chi connectivity index (χ1) is 11.8. The van der Waals surface area contributed by atoms with Crippen LogP contribution in [0.3, 0.4) is 0 Å². The number of halogens is 1. The van der Waals surface area contributed by atoms with Crippen molar-refractivity contribution in [2.24, 2.45) is 10.2 Å². The third-order valence-electron chi connectivity index (χ3n) is 4.18. The third-order valence-corrected chi connectivity index (χ3v) is 5.57. The summed E-state index contributed by atoms with van der Waals surface area (Å²) in [6, 6.07) is 12.7. The smallest absolute Gasteiger partial charge is 0.239 e. The van der Waals surface area contributed by atoms with Gasteiger partial charge in [-0.2, -0.15) is 0 Å². The molecular weight excluding hydrogens is 362 g/mol. The highest BCUT2D eigenvalue weighted by atomic mass is 35.5. The molecule has 0 radical (unpaired) electrons. The molecule has 1 unspecified atom stereocenters. The minimum Gasteiger partial charge on any atom is -0.480 e. The maximum atomic E-state index is 11.7. The standard InChI is InChI=1S/C17H18ClN3O3S/c1-11-14-6-4-3-5-13(14)10-21(11)20-17(24-2)12-7-8-15(18)16(9-12)25(19,22)23/h3-9,11H,10H2,1-2H3,(H2,19,22,23)/b20-17-. The summed E-state index contributed by atoms with van der Waals surface area (Å²) < 4.78 is 28.7. The first kappa shape index (κ1) is 17.7. The van der Waals surface area contributed by atoms with Crippen LogP contribution in [0.5, 0.6) is 0 Å². The summed E-state index contributed by atoms with van der Waals surface area (Å²) in [5.41, 5.74) is 2.90. The number of ether oxygens (including phenoxy) is 1. The maximum absolute atomic E-state index is 11.7. The normalized spacial score (nSPS) is 17.5. The van der Waals surface area contributed by atoms with Crippen molar-refractivity contribution in [3.8, 4) is 0 Å². The van der Waals surface area contributed by atoms with Gasteiger partial charge >= 0.3 is 0 Å². The molecule has 2 aromatic carbocycles. The number of hydrogen-bond donors (Lipinski definition) is 1. The number of nitrogens with zero attached hydrogens (tertiary/aromatic N) is 2. The second-order valence-electron chi connectivity index (χ2n) is 5.77. The van der Waals surface area contributed by atoms with Crippen molar-refractivity contribution in [3.05, 3.63) is 64.2 Å². The molecule has 1 heterocycles. The maximum Gasteiger partial charge on any atom is 0.239 e. The van der Waals surface area contributed by atoms with E-state index in [1.165, 1.54) is 30.4 Å². The van der Waals surface area contributed by atoms with E-state index < -0.39 is 10.0 Å². The van der Waals surface area contributed by atoms with Gasteiger partial charge in [0.2, 0.25) is 15.9 Å². The van der Waals surface area contributed by atoms with E-state index in [9.17, 15) is 8.42 Å². The molecule has 0 aromatic heterocycles. The van der Waals surface area contributed by atoms with E-state index in [0.29, 0.717) is 18.0 Å². The van der Waals surface area contributed by atoms with Crippen LogP contribution in [0.25, 0.3) is 0 Å². The van der Waals surface area contributed by atoms with Gasteiger partial charge in [-0.15, -0.1) is 5.10 Å². The molecule has 0 aliphatic carbocycles. The molecule has 25 heavy (non-hydrogen) atoms. The Morgan fingerprint density at radius 3 is 2.68 bits per heavy atom. The van der Waals surface area contributed by atoms with Crippen molar-refractivity contribution < 1.29 is 13.2 Å². The summed E-state index contributed by atoms with van der Waals surface area (Å²) in [7, 11) is -2.45. The lowest BCUT2D eigenvalue weighted by Crippen LogP contribution is -2.19. The van der Waals surface area contributed by atoms with E-state index in [1.54, 1.807) is 6.07 Å². The van der Waals surface area contributed by atoms with Gasteiger partial charge in [0.05, 0.1) is 24.7 Å².